The summed E-state index contributed by atoms with van der Waals surface area (Å²) in [6.45, 7) is -0.0645. The maximum Gasteiger partial charge on any atom is 0.338 e. The second-order valence-electron chi connectivity index (χ2n) is 4.49. The summed E-state index contributed by atoms with van der Waals surface area (Å²) in [5.74, 6) is -1.30. The van der Waals surface area contributed by atoms with E-state index in [9.17, 15) is 17.6 Å². The average molecular weight is 343 g/mol. The fourth-order valence-electron chi connectivity index (χ4n) is 1.88. The van der Waals surface area contributed by atoms with Crippen LogP contribution in [0.5, 0.6) is 0 Å². The van der Waals surface area contributed by atoms with E-state index in [1.165, 1.54) is 32.4 Å². The second kappa shape index (κ2) is 6.55. The predicted molar refractivity (Wildman–Crippen MR) is 80.7 cm³/mol. The summed E-state index contributed by atoms with van der Waals surface area (Å²) in [6.07, 6.45) is 0. The lowest BCUT2D eigenvalue weighted by Crippen LogP contribution is -2.26. The highest BCUT2D eigenvalue weighted by Crippen LogP contribution is 2.23. The molecule has 0 saturated heterocycles. The Morgan fingerprint density at radius 1 is 1.36 bits per heavy atom. The van der Waals surface area contributed by atoms with E-state index in [2.05, 4.69) is 4.74 Å². The van der Waals surface area contributed by atoms with E-state index < -0.39 is 21.8 Å². The third-order valence-corrected chi connectivity index (χ3v) is 6.21. The molecule has 0 fully saturated rings. The van der Waals surface area contributed by atoms with Crippen LogP contribution < -0.4 is 0 Å². The molecule has 1 aromatic heterocycles. The highest BCUT2D eigenvalue weighted by molar-refractivity contribution is 7.91. The van der Waals surface area contributed by atoms with E-state index in [0.29, 0.717) is 5.56 Å². The molecule has 118 valence electrons. The number of carbonyl (C=O) groups is 1. The quantitative estimate of drug-likeness (QED) is 0.783. The summed E-state index contributed by atoms with van der Waals surface area (Å²) in [6, 6.07) is 6.73. The molecular weight excluding hydrogens is 329 g/mol. The number of benzene rings is 1. The predicted octanol–water partition coefficient (Wildman–Crippen LogP) is 2.49. The molecule has 0 spiro atoms. The summed E-state index contributed by atoms with van der Waals surface area (Å²) in [7, 11) is -1.06. The molecule has 0 atom stereocenters. The number of halogens is 1. The molecule has 22 heavy (non-hydrogen) atoms. The summed E-state index contributed by atoms with van der Waals surface area (Å²) in [5, 5.41) is 1.67. The average Bonchev–Trinajstić information content (AvgIpc) is 3.03. The molecule has 0 saturated carbocycles. The topological polar surface area (TPSA) is 63.7 Å². The van der Waals surface area contributed by atoms with Crippen LogP contribution in [0.2, 0.25) is 0 Å². The number of methoxy groups -OCH3 is 1. The van der Waals surface area contributed by atoms with Gasteiger partial charge in [0, 0.05) is 13.6 Å². The van der Waals surface area contributed by atoms with Crippen LogP contribution in [0.15, 0.2) is 39.9 Å². The van der Waals surface area contributed by atoms with Gasteiger partial charge in [0.2, 0.25) is 0 Å². The van der Waals surface area contributed by atoms with Gasteiger partial charge >= 0.3 is 5.97 Å². The highest BCUT2D eigenvalue weighted by Gasteiger charge is 2.24. The van der Waals surface area contributed by atoms with E-state index in [4.69, 9.17) is 0 Å². The van der Waals surface area contributed by atoms with Crippen molar-refractivity contribution in [3.63, 3.8) is 0 Å². The van der Waals surface area contributed by atoms with Gasteiger partial charge in [0.05, 0.1) is 12.7 Å². The molecule has 0 aliphatic rings. The molecule has 2 rings (SSSR count). The van der Waals surface area contributed by atoms with Crippen molar-refractivity contribution in [2.75, 3.05) is 14.2 Å². The molecule has 0 radical (unpaired) electrons. The molecule has 0 unspecified atom stereocenters. The van der Waals surface area contributed by atoms with Gasteiger partial charge in [-0.05, 0) is 29.1 Å². The zero-order valence-electron chi connectivity index (χ0n) is 11.9. The van der Waals surface area contributed by atoms with E-state index in [0.717, 1.165) is 21.7 Å². The first-order valence-electron chi connectivity index (χ1n) is 6.23. The van der Waals surface area contributed by atoms with Crippen LogP contribution in [0.1, 0.15) is 15.9 Å². The second-order valence-corrected chi connectivity index (χ2v) is 7.71. The Hall–Kier alpha value is -1.77. The Morgan fingerprint density at radius 2 is 2.09 bits per heavy atom. The van der Waals surface area contributed by atoms with E-state index in [-0.39, 0.29) is 16.3 Å². The number of sulfonamides is 1. The standard InChI is InChI=1S/C14H14FNO4S2/c1-16(22(18,19)13-4-3-7-21-13)9-10-5-6-11(15)8-12(10)14(17)20-2/h3-8H,9H2,1-2H3. The summed E-state index contributed by atoms with van der Waals surface area (Å²) in [5.41, 5.74) is 0.381. The Morgan fingerprint density at radius 3 is 2.68 bits per heavy atom. The zero-order chi connectivity index (χ0) is 16.3. The van der Waals surface area contributed by atoms with E-state index in [1.54, 1.807) is 11.4 Å². The van der Waals surface area contributed by atoms with Gasteiger partial charge in [-0.3, -0.25) is 0 Å². The number of thiophene rings is 1. The number of nitrogens with zero attached hydrogens (tertiary/aromatic N) is 1. The van der Waals surface area contributed by atoms with Gasteiger partial charge in [0.15, 0.2) is 0 Å². The summed E-state index contributed by atoms with van der Waals surface area (Å²) < 4.78 is 43.9. The zero-order valence-corrected chi connectivity index (χ0v) is 13.6. The number of esters is 1. The molecule has 0 aliphatic carbocycles. The highest BCUT2D eigenvalue weighted by atomic mass is 32.2. The molecule has 8 heteroatoms. The molecule has 0 N–H and O–H groups in total. The van der Waals surface area contributed by atoms with Crippen molar-refractivity contribution in [2.24, 2.45) is 0 Å². The van der Waals surface area contributed by atoms with E-state index in [1.807, 2.05) is 0 Å². The minimum Gasteiger partial charge on any atom is -0.465 e. The van der Waals surface area contributed by atoms with Crippen molar-refractivity contribution in [3.05, 3.63) is 52.7 Å². The van der Waals surface area contributed by atoms with Gasteiger partial charge in [-0.15, -0.1) is 11.3 Å². The van der Waals surface area contributed by atoms with Crippen LogP contribution in [-0.2, 0) is 21.3 Å². The summed E-state index contributed by atoms with van der Waals surface area (Å²) >= 11 is 1.10. The third kappa shape index (κ3) is 3.34. The van der Waals surface area contributed by atoms with Crippen LogP contribution in [0.4, 0.5) is 4.39 Å². The van der Waals surface area contributed by atoms with Gasteiger partial charge in [0.25, 0.3) is 10.0 Å². The number of hydrogen-bond donors (Lipinski definition) is 0. The number of carbonyl (C=O) groups excluding carboxylic acids is 1. The minimum absolute atomic E-state index is 0.00993. The van der Waals surface area contributed by atoms with Gasteiger partial charge in [-0.25, -0.2) is 17.6 Å². The Labute approximate surface area is 132 Å². The van der Waals surface area contributed by atoms with Crippen LogP contribution in [0, 0.1) is 5.82 Å². The molecule has 1 heterocycles. The molecule has 5 nitrogen and oxygen atoms in total. The lowest BCUT2D eigenvalue weighted by Gasteiger charge is -2.17. The maximum absolute atomic E-state index is 13.3. The fourth-order valence-corrected chi connectivity index (χ4v) is 4.23. The molecular formula is C14H14FNO4S2. The largest absolute Gasteiger partial charge is 0.465 e. The first-order chi connectivity index (χ1) is 10.4. The first kappa shape index (κ1) is 16.6. The molecule has 0 aliphatic heterocycles. The van der Waals surface area contributed by atoms with Crippen molar-refractivity contribution in [1.29, 1.82) is 0 Å². The lowest BCUT2D eigenvalue weighted by molar-refractivity contribution is 0.0598. The van der Waals surface area contributed by atoms with Crippen molar-refractivity contribution < 1.29 is 22.3 Å². The number of hydrogen-bond acceptors (Lipinski definition) is 5. The maximum atomic E-state index is 13.3. The molecule has 0 amide bonds. The van der Waals surface area contributed by atoms with Gasteiger partial charge < -0.3 is 4.74 Å². The van der Waals surface area contributed by atoms with Gasteiger partial charge in [0.1, 0.15) is 10.0 Å². The SMILES string of the molecule is COC(=O)c1cc(F)ccc1CN(C)S(=O)(=O)c1cccs1. The lowest BCUT2D eigenvalue weighted by atomic mass is 10.1. The van der Waals surface area contributed by atoms with Crippen LogP contribution in [0.25, 0.3) is 0 Å². The monoisotopic (exact) mass is 343 g/mol. The van der Waals surface area contributed by atoms with Gasteiger partial charge in [-0.1, -0.05) is 12.1 Å². The number of ether oxygens (including phenoxy) is 1. The molecule has 1 aromatic carbocycles. The minimum atomic E-state index is -3.65. The Kier molecular flexibility index (Phi) is 4.94. The van der Waals surface area contributed by atoms with E-state index >= 15 is 0 Å². The Bertz CT molecular complexity index is 772. The molecule has 2 aromatic rings. The third-order valence-electron chi connectivity index (χ3n) is 3.03. The molecule has 0 bridgehead atoms. The van der Waals surface area contributed by atoms with Crippen molar-refractivity contribution in [2.45, 2.75) is 10.8 Å². The number of rotatable bonds is 5. The Balaban J connectivity index is 2.33. The summed E-state index contributed by atoms with van der Waals surface area (Å²) in [4.78, 5) is 11.7. The van der Waals surface area contributed by atoms with Crippen molar-refractivity contribution in [3.8, 4) is 0 Å². The normalized spacial score (nSPS) is 11.6. The van der Waals surface area contributed by atoms with Crippen LogP contribution in [0.3, 0.4) is 0 Å². The first-order valence-corrected chi connectivity index (χ1v) is 8.55. The van der Waals surface area contributed by atoms with Gasteiger partial charge in [-0.2, -0.15) is 4.31 Å². The van der Waals surface area contributed by atoms with Crippen LogP contribution >= 0.6 is 11.3 Å². The fraction of sp³-hybridized carbons (Fsp3) is 0.214. The van der Waals surface area contributed by atoms with Crippen molar-refractivity contribution in [1.82, 2.24) is 4.31 Å². The smallest absolute Gasteiger partial charge is 0.338 e. The van der Waals surface area contributed by atoms with Crippen molar-refractivity contribution >= 4 is 27.3 Å². The van der Waals surface area contributed by atoms with Crippen LogP contribution in [-0.4, -0.2) is 32.8 Å².